The first-order valence-corrected chi connectivity index (χ1v) is 4.55. The van der Waals surface area contributed by atoms with E-state index in [4.69, 9.17) is 16.3 Å². The second-order valence-corrected chi connectivity index (χ2v) is 2.97. The van der Waals surface area contributed by atoms with Crippen LogP contribution in [0.25, 0.3) is 0 Å². The van der Waals surface area contributed by atoms with Gasteiger partial charge in [-0.1, -0.05) is 0 Å². The van der Waals surface area contributed by atoms with Gasteiger partial charge in [0.15, 0.2) is 5.78 Å². The van der Waals surface area contributed by atoms with Crippen LogP contribution in [0.4, 0.5) is 5.69 Å². The molecule has 0 saturated heterocycles. The Labute approximate surface area is 90.8 Å². The number of methoxy groups -OCH3 is 1. The van der Waals surface area contributed by atoms with E-state index in [1.807, 2.05) is 0 Å². The van der Waals surface area contributed by atoms with E-state index < -0.39 is 10.7 Å². The van der Waals surface area contributed by atoms with E-state index in [2.05, 4.69) is 0 Å². The van der Waals surface area contributed by atoms with Crippen molar-refractivity contribution in [1.29, 1.82) is 0 Å². The first-order chi connectivity index (χ1) is 7.10. The fourth-order valence-electron chi connectivity index (χ4n) is 1.10. The van der Waals surface area contributed by atoms with Gasteiger partial charge in [0.25, 0.3) is 5.69 Å². The zero-order valence-electron chi connectivity index (χ0n) is 7.90. The molecule has 0 aliphatic carbocycles. The molecule has 0 amide bonds. The third kappa shape index (κ3) is 2.44. The summed E-state index contributed by atoms with van der Waals surface area (Å²) in [6, 6.07) is 3.80. The van der Waals surface area contributed by atoms with Crippen molar-refractivity contribution >= 4 is 23.1 Å². The molecule has 0 radical (unpaired) electrons. The minimum absolute atomic E-state index is 0.127. The number of nitro benzene ring substituents is 1. The molecule has 0 saturated carbocycles. The third-order valence-electron chi connectivity index (χ3n) is 1.82. The predicted octanol–water partition coefficient (Wildman–Crippen LogP) is 2.02. The molecule has 1 rings (SSSR count). The van der Waals surface area contributed by atoms with E-state index in [1.165, 1.54) is 19.2 Å². The maximum atomic E-state index is 11.3. The lowest BCUT2D eigenvalue weighted by molar-refractivity contribution is -0.384. The van der Waals surface area contributed by atoms with E-state index in [-0.39, 0.29) is 22.9 Å². The maximum absolute atomic E-state index is 11.3. The Morgan fingerprint density at radius 3 is 2.73 bits per heavy atom. The van der Waals surface area contributed by atoms with E-state index in [9.17, 15) is 14.9 Å². The lowest BCUT2D eigenvalue weighted by Crippen LogP contribution is -2.04. The van der Waals surface area contributed by atoms with Gasteiger partial charge < -0.3 is 4.74 Å². The molecule has 15 heavy (non-hydrogen) atoms. The van der Waals surface area contributed by atoms with E-state index in [1.54, 1.807) is 0 Å². The summed E-state index contributed by atoms with van der Waals surface area (Å²) in [5.74, 6) is -0.360. The second-order valence-electron chi connectivity index (χ2n) is 2.70. The Kier molecular flexibility index (Phi) is 3.62. The number of ketones is 1. The summed E-state index contributed by atoms with van der Waals surface area (Å²) in [4.78, 5) is 21.2. The fourth-order valence-corrected chi connectivity index (χ4v) is 1.24. The van der Waals surface area contributed by atoms with Crippen LogP contribution >= 0.6 is 11.6 Å². The first-order valence-electron chi connectivity index (χ1n) is 4.01. The van der Waals surface area contributed by atoms with Gasteiger partial charge in [-0.2, -0.15) is 0 Å². The van der Waals surface area contributed by atoms with Gasteiger partial charge in [-0.25, -0.2) is 0 Å². The average molecular weight is 230 g/mol. The predicted molar refractivity (Wildman–Crippen MR) is 54.7 cm³/mol. The number of rotatable bonds is 4. The van der Waals surface area contributed by atoms with Crippen LogP contribution in [0, 0.1) is 10.1 Å². The molecule has 0 fully saturated rings. The molecule has 80 valence electrons. The first kappa shape index (κ1) is 11.5. The topological polar surface area (TPSA) is 69.4 Å². The molecule has 0 unspecified atom stereocenters. The number of hydrogen-bond acceptors (Lipinski definition) is 4. The highest BCUT2D eigenvalue weighted by atomic mass is 35.5. The van der Waals surface area contributed by atoms with Crippen LogP contribution in [0.1, 0.15) is 10.4 Å². The molecular weight excluding hydrogens is 222 g/mol. The van der Waals surface area contributed by atoms with Crippen LogP contribution in [0.3, 0.4) is 0 Å². The number of ether oxygens (including phenoxy) is 1. The summed E-state index contributed by atoms with van der Waals surface area (Å²) >= 11 is 5.37. The zero-order valence-corrected chi connectivity index (χ0v) is 8.65. The molecule has 0 N–H and O–H groups in total. The standard InChI is InChI=1S/C9H8ClNO4/c1-15-9-3-2-6(11(13)14)4-7(9)8(12)5-10/h2-4H,5H2,1H3. The van der Waals surface area contributed by atoms with Crippen molar-refractivity contribution in [3.63, 3.8) is 0 Å². The van der Waals surface area contributed by atoms with Crippen molar-refractivity contribution in [3.05, 3.63) is 33.9 Å². The summed E-state index contributed by atoms with van der Waals surface area (Å²) in [5, 5.41) is 10.5. The molecule has 0 aliphatic rings. The van der Waals surface area contributed by atoms with Crippen molar-refractivity contribution < 1.29 is 14.5 Å². The Morgan fingerprint density at radius 2 is 2.27 bits per heavy atom. The molecule has 1 aromatic carbocycles. The van der Waals surface area contributed by atoms with Gasteiger partial charge in [-0.15, -0.1) is 11.6 Å². The number of non-ortho nitro benzene ring substituents is 1. The summed E-state index contributed by atoms with van der Waals surface area (Å²) < 4.78 is 4.90. The normalized spacial score (nSPS) is 9.73. The largest absolute Gasteiger partial charge is 0.496 e. The molecule has 0 aliphatic heterocycles. The van der Waals surface area contributed by atoms with Crippen molar-refractivity contribution in [3.8, 4) is 5.75 Å². The Balaban J connectivity index is 3.25. The van der Waals surface area contributed by atoms with Crippen LogP contribution in [0.15, 0.2) is 18.2 Å². The molecular formula is C9H8ClNO4. The van der Waals surface area contributed by atoms with Gasteiger partial charge in [0.05, 0.1) is 23.5 Å². The number of carbonyl (C=O) groups is 1. The van der Waals surface area contributed by atoms with Crippen molar-refractivity contribution in [2.75, 3.05) is 13.0 Å². The number of nitro groups is 1. The SMILES string of the molecule is COc1ccc([N+](=O)[O-])cc1C(=O)CCl. The third-order valence-corrected chi connectivity index (χ3v) is 2.06. The number of benzene rings is 1. The second kappa shape index (κ2) is 4.75. The summed E-state index contributed by atoms with van der Waals surface area (Å²) in [5.41, 5.74) is -0.0361. The van der Waals surface area contributed by atoms with Crippen LogP contribution in [-0.2, 0) is 0 Å². The minimum Gasteiger partial charge on any atom is -0.496 e. The molecule has 0 heterocycles. The lowest BCUT2D eigenvalue weighted by atomic mass is 10.1. The number of nitrogens with zero attached hydrogens (tertiary/aromatic N) is 1. The van der Waals surface area contributed by atoms with Gasteiger partial charge in [-0.05, 0) is 6.07 Å². The van der Waals surface area contributed by atoms with Crippen molar-refractivity contribution in [1.82, 2.24) is 0 Å². The summed E-state index contributed by atoms with van der Waals surface area (Å²) in [6.45, 7) is 0. The highest BCUT2D eigenvalue weighted by Gasteiger charge is 2.16. The molecule has 1 aromatic rings. The average Bonchev–Trinajstić information content (AvgIpc) is 2.27. The fraction of sp³-hybridized carbons (Fsp3) is 0.222. The molecule has 0 aromatic heterocycles. The van der Waals surface area contributed by atoms with E-state index >= 15 is 0 Å². The Morgan fingerprint density at radius 1 is 1.60 bits per heavy atom. The number of alkyl halides is 1. The molecule has 0 spiro atoms. The van der Waals surface area contributed by atoms with E-state index in [0.717, 1.165) is 6.07 Å². The van der Waals surface area contributed by atoms with Crippen LogP contribution in [0.5, 0.6) is 5.75 Å². The summed E-state index contributed by atoms with van der Waals surface area (Å²) in [6.07, 6.45) is 0. The molecule has 6 heteroatoms. The molecule has 0 bridgehead atoms. The number of carbonyl (C=O) groups excluding carboxylic acids is 1. The highest BCUT2D eigenvalue weighted by molar-refractivity contribution is 6.30. The minimum atomic E-state index is -0.579. The summed E-state index contributed by atoms with van der Waals surface area (Å²) in [7, 11) is 1.38. The maximum Gasteiger partial charge on any atom is 0.270 e. The molecule has 0 atom stereocenters. The van der Waals surface area contributed by atoms with Crippen molar-refractivity contribution in [2.45, 2.75) is 0 Å². The van der Waals surface area contributed by atoms with Gasteiger partial charge in [0.1, 0.15) is 5.75 Å². The van der Waals surface area contributed by atoms with Gasteiger partial charge in [0, 0.05) is 12.1 Å². The Bertz CT molecular complexity index is 405. The monoisotopic (exact) mass is 229 g/mol. The number of hydrogen-bond donors (Lipinski definition) is 0. The lowest BCUT2D eigenvalue weighted by Gasteiger charge is -2.05. The molecule has 5 nitrogen and oxygen atoms in total. The highest BCUT2D eigenvalue weighted by Crippen LogP contribution is 2.24. The van der Waals surface area contributed by atoms with E-state index in [0.29, 0.717) is 0 Å². The van der Waals surface area contributed by atoms with Crippen LogP contribution in [-0.4, -0.2) is 23.7 Å². The van der Waals surface area contributed by atoms with Gasteiger partial charge in [0.2, 0.25) is 0 Å². The Hall–Kier alpha value is -1.62. The quantitative estimate of drug-likeness (QED) is 0.343. The van der Waals surface area contributed by atoms with Gasteiger partial charge >= 0.3 is 0 Å². The van der Waals surface area contributed by atoms with Gasteiger partial charge in [-0.3, -0.25) is 14.9 Å². The zero-order chi connectivity index (χ0) is 11.4. The number of Topliss-reactive ketones (excluding diaryl/α,β-unsaturated/α-hetero) is 1. The van der Waals surface area contributed by atoms with Crippen LogP contribution < -0.4 is 4.74 Å². The number of halogens is 1. The smallest absolute Gasteiger partial charge is 0.270 e. The van der Waals surface area contributed by atoms with Crippen LogP contribution in [0.2, 0.25) is 0 Å². The van der Waals surface area contributed by atoms with Crippen molar-refractivity contribution in [2.24, 2.45) is 0 Å².